The number of H-pyrrole nitrogens is 1. The predicted octanol–water partition coefficient (Wildman–Crippen LogP) is 1.95. The quantitative estimate of drug-likeness (QED) is 0.621. The van der Waals surface area contributed by atoms with E-state index in [1.54, 1.807) is 0 Å². The van der Waals surface area contributed by atoms with Crippen molar-refractivity contribution in [2.75, 3.05) is 6.61 Å². The van der Waals surface area contributed by atoms with Crippen molar-refractivity contribution in [3.63, 3.8) is 0 Å². The minimum atomic E-state index is -1.30. The Labute approximate surface area is 140 Å². The van der Waals surface area contributed by atoms with E-state index in [1.165, 1.54) is 12.3 Å². The molecule has 4 atom stereocenters. The molecule has 2 heterocycles. The maximum Gasteiger partial charge on any atom is 0.229 e. The summed E-state index contributed by atoms with van der Waals surface area (Å²) in [6.07, 6.45) is -3.11. The van der Waals surface area contributed by atoms with Gasteiger partial charge in [0, 0.05) is 6.20 Å². The Morgan fingerprint density at radius 3 is 2.55 bits per heavy atom. The summed E-state index contributed by atoms with van der Waals surface area (Å²) in [7, 11) is 0. The summed E-state index contributed by atoms with van der Waals surface area (Å²) in [5.74, 6) is 0.286. The van der Waals surface area contributed by atoms with Gasteiger partial charge in [-0.3, -0.25) is 0 Å². The summed E-state index contributed by atoms with van der Waals surface area (Å²) in [6, 6.07) is 1.48. The van der Waals surface area contributed by atoms with E-state index in [0.717, 1.165) is 0 Å². The summed E-state index contributed by atoms with van der Waals surface area (Å²) < 4.78 is 10.8. The van der Waals surface area contributed by atoms with Gasteiger partial charge in [0.25, 0.3) is 0 Å². The number of ether oxygens (including phenoxy) is 2. The van der Waals surface area contributed by atoms with Crippen molar-refractivity contribution in [3.8, 4) is 5.75 Å². The molecule has 1 aromatic carbocycles. The number of benzene rings is 1. The zero-order valence-corrected chi connectivity index (χ0v) is 13.2. The highest BCUT2D eigenvalue weighted by atomic mass is 35.5. The summed E-state index contributed by atoms with van der Waals surface area (Å²) in [5, 5.41) is 30.1. The molecule has 1 aliphatic rings. The molecule has 120 valence electrons. The standard InChI is InChI=1S/C13H12Cl3NO5/c14-4-1-5(15)9(16)10-8(4)6(2-17-10)21-13-12(20)11(19)7(3-18)22-13/h1-2,7,11-13,17-20H,3H2/t7-,11-,12+,13+/m0/s1. The Balaban J connectivity index is 1.94. The van der Waals surface area contributed by atoms with Gasteiger partial charge in [-0.25, -0.2) is 0 Å². The van der Waals surface area contributed by atoms with Crippen molar-refractivity contribution in [2.24, 2.45) is 0 Å². The Morgan fingerprint density at radius 2 is 1.91 bits per heavy atom. The molecule has 0 unspecified atom stereocenters. The van der Waals surface area contributed by atoms with E-state index >= 15 is 0 Å². The van der Waals surface area contributed by atoms with Gasteiger partial charge >= 0.3 is 0 Å². The number of aromatic amines is 1. The van der Waals surface area contributed by atoms with Crippen LogP contribution in [0.4, 0.5) is 0 Å². The minimum absolute atomic E-state index is 0.286. The van der Waals surface area contributed by atoms with Crippen LogP contribution in [0.1, 0.15) is 0 Å². The fourth-order valence-electron chi connectivity index (χ4n) is 2.36. The molecule has 9 heteroatoms. The van der Waals surface area contributed by atoms with Gasteiger partial charge in [0.15, 0.2) is 0 Å². The van der Waals surface area contributed by atoms with Gasteiger partial charge < -0.3 is 29.8 Å². The lowest BCUT2D eigenvalue weighted by Crippen LogP contribution is -2.35. The lowest BCUT2D eigenvalue weighted by atomic mass is 10.1. The largest absolute Gasteiger partial charge is 0.460 e. The normalized spacial score (nSPS) is 28.5. The third-order valence-electron chi connectivity index (χ3n) is 3.51. The average Bonchev–Trinajstić information content (AvgIpc) is 3.02. The zero-order chi connectivity index (χ0) is 16.0. The van der Waals surface area contributed by atoms with Gasteiger partial charge in [-0.05, 0) is 6.07 Å². The van der Waals surface area contributed by atoms with E-state index in [9.17, 15) is 10.2 Å². The highest BCUT2D eigenvalue weighted by molar-refractivity contribution is 6.47. The van der Waals surface area contributed by atoms with E-state index in [2.05, 4.69) is 4.98 Å². The highest BCUT2D eigenvalue weighted by Gasteiger charge is 2.44. The van der Waals surface area contributed by atoms with Gasteiger partial charge in [0.2, 0.25) is 6.29 Å². The summed E-state index contributed by atoms with van der Waals surface area (Å²) in [6.45, 7) is -0.436. The number of nitrogens with one attached hydrogen (secondary N) is 1. The number of fused-ring (bicyclic) bond motifs is 1. The van der Waals surface area contributed by atoms with Crippen LogP contribution >= 0.6 is 34.8 Å². The van der Waals surface area contributed by atoms with Crippen LogP contribution in [0.15, 0.2) is 12.3 Å². The third kappa shape index (κ3) is 2.55. The second kappa shape index (κ2) is 6.05. The monoisotopic (exact) mass is 367 g/mol. The molecule has 1 aromatic heterocycles. The van der Waals surface area contributed by atoms with Gasteiger partial charge in [-0.2, -0.15) is 0 Å². The van der Waals surface area contributed by atoms with Crippen molar-refractivity contribution in [3.05, 3.63) is 27.3 Å². The van der Waals surface area contributed by atoms with Crippen molar-refractivity contribution < 1.29 is 24.8 Å². The van der Waals surface area contributed by atoms with E-state index in [0.29, 0.717) is 20.9 Å². The maximum atomic E-state index is 9.90. The molecule has 6 nitrogen and oxygen atoms in total. The fraction of sp³-hybridized carbons (Fsp3) is 0.385. The van der Waals surface area contributed by atoms with Crippen molar-refractivity contribution in [1.29, 1.82) is 0 Å². The van der Waals surface area contributed by atoms with Gasteiger partial charge in [-0.1, -0.05) is 34.8 Å². The number of aliphatic hydroxyl groups is 3. The molecule has 1 saturated heterocycles. The Kier molecular flexibility index (Phi) is 4.44. The number of rotatable bonds is 3. The van der Waals surface area contributed by atoms with Crippen LogP contribution in [-0.4, -0.2) is 51.5 Å². The Bertz CT molecular complexity index is 707. The van der Waals surface area contributed by atoms with E-state index in [-0.39, 0.29) is 10.8 Å². The van der Waals surface area contributed by atoms with E-state index in [4.69, 9.17) is 49.4 Å². The molecule has 0 amide bonds. The van der Waals surface area contributed by atoms with Crippen LogP contribution < -0.4 is 4.74 Å². The highest BCUT2D eigenvalue weighted by Crippen LogP contribution is 2.41. The molecular weight excluding hydrogens is 357 g/mol. The van der Waals surface area contributed by atoms with Crippen molar-refractivity contribution >= 4 is 45.7 Å². The van der Waals surface area contributed by atoms with Crippen molar-refractivity contribution in [2.45, 2.75) is 24.6 Å². The zero-order valence-electron chi connectivity index (χ0n) is 11.0. The lowest BCUT2D eigenvalue weighted by molar-refractivity contribution is -0.115. The molecule has 0 spiro atoms. The molecule has 0 bridgehead atoms. The lowest BCUT2D eigenvalue weighted by Gasteiger charge is -2.16. The van der Waals surface area contributed by atoms with Crippen LogP contribution in [0.3, 0.4) is 0 Å². The molecule has 0 aliphatic carbocycles. The summed E-state index contributed by atoms with van der Waals surface area (Å²) in [5.41, 5.74) is 0.487. The first-order chi connectivity index (χ1) is 10.4. The maximum absolute atomic E-state index is 9.90. The van der Waals surface area contributed by atoms with Crippen LogP contribution in [0, 0.1) is 0 Å². The summed E-state index contributed by atoms with van der Waals surface area (Å²) in [4.78, 5) is 2.89. The molecular formula is C13H12Cl3NO5. The smallest absolute Gasteiger partial charge is 0.229 e. The van der Waals surface area contributed by atoms with Gasteiger partial charge in [0.05, 0.1) is 32.6 Å². The molecule has 1 fully saturated rings. The molecule has 22 heavy (non-hydrogen) atoms. The molecule has 3 rings (SSSR count). The number of hydrogen-bond donors (Lipinski definition) is 4. The second-order valence-corrected chi connectivity index (χ2v) is 6.07. The van der Waals surface area contributed by atoms with Crippen LogP contribution in [-0.2, 0) is 4.74 Å². The minimum Gasteiger partial charge on any atom is -0.460 e. The van der Waals surface area contributed by atoms with E-state index < -0.39 is 31.2 Å². The fourth-order valence-corrected chi connectivity index (χ4v) is 3.12. The first-order valence-corrected chi connectivity index (χ1v) is 7.51. The predicted molar refractivity (Wildman–Crippen MR) is 81.7 cm³/mol. The first-order valence-electron chi connectivity index (χ1n) is 6.37. The van der Waals surface area contributed by atoms with Crippen molar-refractivity contribution in [1.82, 2.24) is 4.98 Å². The number of halogens is 3. The topological polar surface area (TPSA) is 94.9 Å². The van der Waals surface area contributed by atoms with Gasteiger partial charge in [0.1, 0.15) is 24.1 Å². The third-order valence-corrected chi connectivity index (χ3v) is 4.59. The number of aromatic nitrogens is 1. The Morgan fingerprint density at radius 1 is 1.18 bits per heavy atom. The first kappa shape index (κ1) is 16.1. The molecule has 1 aliphatic heterocycles. The summed E-state index contributed by atoms with van der Waals surface area (Å²) >= 11 is 18.2. The second-order valence-electron chi connectivity index (χ2n) is 4.88. The van der Waals surface area contributed by atoms with Crippen LogP contribution in [0.25, 0.3) is 10.9 Å². The molecule has 0 radical (unpaired) electrons. The SMILES string of the molecule is OC[C@@H]1O[C@@H](Oc2c[nH]c3c(Cl)c(Cl)cc(Cl)c23)[C@H](O)[C@H]1O. The molecule has 2 aromatic rings. The Hall–Kier alpha value is -0.730. The van der Waals surface area contributed by atoms with Crippen LogP contribution in [0.2, 0.25) is 15.1 Å². The number of hydrogen-bond acceptors (Lipinski definition) is 5. The van der Waals surface area contributed by atoms with Crippen LogP contribution in [0.5, 0.6) is 5.75 Å². The number of aliphatic hydroxyl groups excluding tert-OH is 3. The molecule has 4 N–H and O–H groups in total. The molecule has 0 saturated carbocycles. The average molecular weight is 369 g/mol. The van der Waals surface area contributed by atoms with E-state index in [1.807, 2.05) is 0 Å². The van der Waals surface area contributed by atoms with Gasteiger partial charge in [-0.15, -0.1) is 0 Å².